The minimum absolute atomic E-state index is 0. The third-order valence-electron chi connectivity index (χ3n) is 4.87. The Bertz CT molecular complexity index is 728. The van der Waals surface area contributed by atoms with E-state index in [1.54, 1.807) is 7.11 Å². The van der Waals surface area contributed by atoms with Gasteiger partial charge in [0.25, 0.3) is 0 Å². The molecule has 0 saturated carbocycles. The third-order valence-corrected chi connectivity index (χ3v) is 4.87. The SMILES string of the molecule is COc1ccc(CCC(=O)N2CCN(Cc3cccc(N)c3)CC2)cc1.Cl. The van der Waals surface area contributed by atoms with E-state index in [0.717, 1.165) is 50.6 Å². The molecule has 1 heterocycles. The highest BCUT2D eigenvalue weighted by Crippen LogP contribution is 2.15. The molecule has 1 fully saturated rings. The van der Waals surface area contributed by atoms with Crippen molar-refractivity contribution in [2.45, 2.75) is 19.4 Å². The molecule has 2 N–H and O–H groups in total. The number of ether oxygens (including phenoxy) is 1. The summed E-state index contributed by atoms with van der Waals surface area (Å²) >= 11 is 0. The third kappa shape index (κ3) is 6.15. The molecule has 3 rings (SSSR count). The van der Waals surface area contributed by atoms with E-state index in [1.165, 1.54) is 11.1 Å². The van der Waals surface area contributed by atoms with Gasteiger partial charge in [-0.3, -0.25) is 9.69 Å². The zero-order valence-electron chi connectivity index (χ0n) is 15.8. The zero-order chi connectivity index (χ0) is 18.4. The second-order valence-corrected chi connectivity index (χ2v) is 6.75. The molecule has 146 valence electrons. The maximum Gasteiger partial charge on any atom is 0.222 e. The molecule has 1 aliphatic rings. The second kappa shape index (κ2) is 10.2. The molecular formula is C21H28ClN3O2. The van der Waals surface area contributed by atoms with Crippen LogP contribution in [0.25, 0.3) is 0 Å². The predicted molar refractivity (Wildman–Crippen MR) is 111 cm³/mol. The minimum Gasteiger partial charge on any atom is -0.497 e. The number of piperazine rings is 1. The van der Waals surface area contributed by atoms with E-state index < -0.39 is 0 Å². The molecule has 2 aromatic carbocycles. The van der Waals surface area contributed by atoms with Crippen LogP contribution in [-0.4, -0.2) is 49.0 Å². The Balaban J connectivity index is 0.00000261. The van der Waals surface area contributed by atoms with Gasteiger partial charge in [-0.25, -0.2) is 0 Å². The van der Waals surface area contributed by atoms with Crippen LogP contribution in [0.3, 0.4) is 0 Å². The van der Waals surface area contributed by atoms with Gasteiger partial charge in [0.1, 0.15) is 5.75 Å². The number of halogens is 1. The predicted octanol–water partition coefficient (Wildman–Crippen LogP) is 2.98. The molecule has 0 unspecified atom stereocenters. The summed E-state index contributed by atoms with van der Waals surface area (Å²) < 4.78 is 5.16. The molecular weight excluding hydrogens is 362 g/mol. The lowest BCUT2D eigenvalue weighted by Gasteiger charge is -2.35. The van der Waals surface area contributed by atoms with Crippen molar-refractivity contribution in [3.05, 3.63) is 59.7 Å². The summed E-state index contributed by atoms with van der Waals surface area (Å²) in [7, 11) is 1.66. The Morgan fingerprint density at radius 1 is 1.04 bits per heavy atom. The normalized spacial score (nSPS) is 14.5. The van der Waals surface area contributed by atoms with E-state index in [0.29, 0.717) is 6.42 Å². The van der Waals surface area contributed by atoms with Crippen molar-refractivity contribution >= 4 is 24.0 Å². The van der Waals surface area contributed by atoms with Gasteiger partial charge in [-0.1, -0.05) is 24.3 Å². The molecule has 0 radical (unpaired) electrons. The smallest absolute Gasteiger partial charge is 0.222 e. The zero-order valence-corrected chi connectivity index (χ0v) is 16.6. The Morgan fingerprint density at radius 2 is 1.74 bits per heavy atom. The number of nitrogens with two attached hydrogens (primary N) is 1. The van der Waals surface area contributed by atoms with Gasteiger partial charge in [0.2, 0.25) is 5.91 Å². The first kappa shape index (κ1) is 21.1. The van der Waals surface area contributed by atoms with Gasteiger partial charge < -0.3 is 15.4 Å². The maximum atomic E-state index is 12.5. The van der Waals surface area contributed by atoms with Gasteiger partial charge in [-0.2, -0.15) is 0 Å². The average molecular weight is 390 g/mol. The van der Waals surface area contributed by atoms with E-state index in [2.05, 4.69) is 11.0 Å². The first-order chi connectivity index (χ1) is 12.6. The highest BCUT2D eigenvalue weighted by Gasteiger charge is 2.20. The summed E-state index contributed by atoms with van der Waals surface area (Å²) in [6.45, 7) is 4.29. The lowest BCUT2D eigenvalue weighted by molar-refractivity contribution is -0.133. The fraction of sp³-hybridized carbons (Fsp3) is 0.381. The number of anilines is 1. The number of nitrogen functional groups attached to an aromatic ring is 1. The molecule has 0 spiro atoms. The summed E-state index contributed by atoms with van der Waals surface area (Å²) in [6.07, 6.45) is 1.33. The first-order valence-corrected chi connectivity index (χ1v) is 9.11. The van der Waals surface area contributed by atoms with Crippen molar-refractivity contribution in [3.63, 3.8) is 0 Å². The van der Waals surface area contributed by atoms with Crippen molar-refractivity contribution in [1.29, 1.82) is 0 Å². The van der Waals surface area contributed by atoms with Gasteiger partial charge in [-0.15, -0.1) is 12.4 Å². The van der Waals surface area contributed by atoms with E-state index in [9.17, 15) is 4.79 Å². The lowest BCUT2D eigenvalue weighted by atomic mass is 10.1. The van der Waals surface area contributed by atoms with Crippen LogP contribution in [0.4, 0.5) is 5.69 Å². The summed E-state index contributed by atoms with van der Waals surface area (Å²) in [5.41, 5.74) is 9.04. The molecule has 1 saturated heterocycles. The van der Waals surface area contributed by atoms with Crippen LogP contribution in [-0.2, 0) is 17.8 Å². The van der Waals surface area contributed by atoms with Gasteiger partial charge >= 0.3 is 0 Å². The molecule has 0 bridgehead atoms. The van der Waals surface area contributed by atoms with Gasteiger partial charge in [-0.05, 0) is 41.8 Å². The van der Waals surface area contributed by atoms with Crippen LogP contribution in [0, 0.1) is 0 Å². The number of benzene rings is 2. The number of hydrogen-bond acceptors (Lipinski definition) is 4. The molecule has 0 atom stereocenters. The average Bonchev–Trinajstić information content (AvgIpc) is 2.67. The van der Waals surface area contributed by atoms with Crippen LogP contribution in [0.15, 0.2) is 48.5 Å². The number of carbonyl (C=O) groups is 1. The Kier molecular flexibility index (Phi) is 7.95. The maximum absolute atomic E-state index is 12.5. The number of amides is 1. The number of methoxy groups -OCH3 is 1. The number of hydrogen-bond donors (Lipinski definition) is 1. The van der Waals surface area contributed by atoms with E-state index >= 15 is 0 Å². The minimum atomic E-state index is 0. The lowest BCUT2D eigenvalue weighted by Crippen LogP contribution is -2.48. The molecule has 27 heavy (non-hydrogen) atoms. The summed E-state index contributed by atoms with van der Waals surface area (Å²) in [5, 5.41) is 0. The molecule has 0 aromatic heterocycles. The summed E-state index contributed by atoms with van der Waals surface area (Å²) in [4.78, 5) is 16.8. The Morgan fingerprint density at radius 3 is 2.37 bits per heavy atom. The van der Waals surface area contributed by atoms with Crippen LogP contribution in [0.1, 0.15) is 17.5 Å². The highest BCUT2D eigenvalue weighted by molar-refractivity contribution is 5.85. The van der Waals surface area contributed by atoms with Crippen LogP contribution in [0.5, 0.6) is 5.75 Å². The van der Waals surface area contributed by atoms with Crippen molar-refractivity contribution in [3.8, 4) is 5.75 Å². The fourth-order valence-electron chi connectivity index (χ4n) is 3.31. The largest absolute Gasteiger partial charge is 0.497 e. The van der Waals surface area contributed by atoms with Crippen molar-refractivity contribution in [2.24, 2.45) is 0 Å². The van der Waals surface area contributed by atoms with Gasteiger partial charge in [0.05, 0.1) is 7.11 Å². The number of nitrogens with zero attached hydrogens (tertiary/aromatic N) is 2. The Hall–Kier alpha value is -2.24. The van der Waals surface area contributed by atoms with Gasteiger partial charge in [0.15, 0.2) is 0 Å². The molecule has 1 aliphatic heterocycles. The number of aryl methyl sites for hydroxylation is 1. The number of carbonyl (C=O) groups excluding carboxylic acids is 1. The van der Waals surface area contributed by atoms with Gasteiger partial charge in [0, 0.05) is 44.8 Å². The molecule has 5 nitrogen and oxygen atoms in total. The topological polar surface area (TPSA) is 58.8 Å². The van der Waals surface area contributed by atoms with Crippen molar-refractivity contribution in [1.82, 2.24) is 9.80 Å². The number of rotatable bonds is 6. The Labute approximate surface area is 167 Å². The van der Waals surface area contributed by atoms with E-state index in [4.69, 9.17) is 10.5 Å². The van der Waals surface area contributed by atoms with Crippen LogP contribution >= 0.6 is 12.4 Å². The first-order valence-electron chi connectivity index (χ1n) is 9.11. The second-order valence-electron chi connectivity index (χ2n) is 6.75. The van der Waals surface area contributed by atoms with Crippen molar-refractivity contribution < 1.29 is 9.53 Å². The van der Waals surface area contributed by atoms with Crippen LogP contribution < -0.4 is 10.5 Å². The monoisotopic (exact) mass is 389 g/mol. The fourth-order valence-corrected chi connectivity index (χ4v) is 3.31. The molecule has 2 aromatic rings. The summed E-state index contributed by atoms with van der Waals surface area (Å²) in [5.74, 6) is 1.08. The van der Waals surface area contributed by atoms with Crippen molar-refractivity contribution in [2.75, 3.05) is 39.0 Å². The quantitative estimate of drug-likeness (QED) is 0.771. The molecule has 0 aliphatic carbocycles. The van der Waals surface area contributed by atoms with E-state index in [-0.39, 0.29) is 18.3 Å². The van der Waals surface area contributed by atoms with E-state index in [1.807, 2.05) is 47.4 Å². The summed E-state index contributed by atoms with van der Waals surface area (Å²) in [6, 6.07) is 15.9. The molecule has 1 amide bonds. The standard InChI is InChI=1S/C21H27N3O2.ClH/c1-26-20-8-5-17(6-9-20)7-10-21(25)24-13-11-23(12-14-24)16-18-3-2-4-19(22)15-18;/h2-6,8-9,15H,7,10-14,16,22H2,1H3;1H. The van der Waals surface area contributed by atoms with Crippen LogP contribution in [0.2, 0.25) is 0 Å². The molecule has 6 heteroatoms. The highest BCUT2D eigenvalue weighted by atomic mass is 35.5.